The van der Waals surface area contributed by atoms with Gasteiger partial charge in [-0.15, -0.1) is 0 Å². The molecule has 2 aromatic heterocycles. The fraction of sp³-hybridized carbons (Fsp3) is 0.500. The highest BCUT2D eigenvalue weighted by Gasteiger charge is 2.45. The van der Waals surface area contributed by atoms with E-state index in [0.29, 0.717) is 18.9 Å². The van der Waals surface area contributed by atoms with Crippen molar-refractivity contribution in [3.05, 3.63) is 23.7 Å². The summed E-state index contributed by atoms with van der Waals surface area (Å²) in [7, 11) is 1.39. The molecule has 4 heterocycles. The Balaban J connectivity index is 1.59. The molecule has 0 atom stereocenters. The zero-order valence-corrected chi connectivity index (χ0v) is 12.8. The highest BCUT2D eigenvalue weighted by molar-refractivity contribution is 5.59. The van der Waals surface area contributed by atoms with E-state index < -0.39 is 11.7 Å². The summed E-state index contributed by atoms with van der Waals surface area (Å²) >= 11 is 0. The number of nitrogens with one attached hydrogen (secondary N) is 2. The van der Waals surface area contributed by atoms with Gasteiger partial charge in [0.1, 0.15) is 11.4 Å². The molecule has 0 saturated carbocycles. The van der Waals surface area contributed by atoms with E-state index in [9.17, 15) is 13.2 Å². The lowest BCUT2D eigenvalue weighted by atomic mass is 9.84. The molecule has 2 aliphatic heterocycles. The van der Waals surface area contributed by atoms with Crippen molar-refractivity contribution >= 4 is 17.5 Å². The van der Waals surface area contributed by atoms with Gasteiger partial charge in [-0.25, -0.2) is 4.98 Å². The van der Waals surface area contributed by atoms with Crippen LogP contribution in [0.5, 0.6) is 0 Å². The lowest BCUT2D eigenvalue weighted by Gasteiger charge is -2.36. The summed E-state index contributed by atoms with van der Waals surface area (Å²) in [6.45, 7) is 2.20. The first kappa shape index (κ1) is 15.2. The Hall–Kier alpha value is -2.36. The predicted octanol–water partition coefficient (Wildman–Crippen LogP) is 2.05. The van der Waals surface area contributed by atoms with Crippen LogP contribution in [0.1, 0.15) is 11.3 Å². The maximum atomic E-state index is 12.9. The molecule has 0 amide bonds. The van der Waals surface area contributed by atoms with Crippen LogP contribution in [0.2, 0.25) is 0 Å². The van der Waals surface area contributed by atoms with Gasteiger partial charge < -0.3 is 15.4 Å². The van der Waals surface area contributed by atoms with E-state index in [1.807, 2.05) is 4.68 Å². The molecule has 2 aromatic rings. The minimum absolute atomic E-state index is 0.0916. The highest BCUT2D eigenvalue weighted by Crippen LogP contribution is 2.41. The minimum atomic E-state index is -4.51. The fourth-order valence-electron chi connectivity index (χ4n) is 3.11. The van der Waals surface area contributed by atoms with E-state index in [2.05, 4.69) is 25.7 Å². The summed E-state index contributed by atoms with van der Waals surface area (Å²) in [4.78, 5) is 7.69. The van der Waals surface area contributed by atoms with Gasteiger partial charge in [-0.05, 0) is 0 Å². The molecule has 1 spiro atoms. The van der Waals surface area contributed by atoms with Crippen LogP contribution in [0.15, 0.2) is 12.4 Å². The number of fused-ring (bicyclic) bond motifs is 1. The van der Waals surface area contributed by atoms with Crippen LogP contribution in [0.4, 0.5) is 30.6 Å². The van der Waals surface area contributed by atoms with Gasteiger partial charge in [0, 0.05) is 25.1 Å². The van der Waals surface area contributed by atoms with E-state index in [0.717, 1.165) is 24.9 Å². The smallest absolute Gasteiger partial charge is 0.380 e. The standard InChI is InChI=1S/C14H15F3N6O/c1-18-11-8(14(15,16)17)3-19-12(22-11)21-9-4-20-23-5-13(2-10(9)23)6-24-7-13/h3-4H,2,5-7H2,1H3,(H2,18,19,21,22). The molecule has 128 valence electrons. The van der Waals surface area contributed by atoms with Crippen LogP contribution in [0.25, 0.3) is 0 Å². The molecule has 2 N–H and O–H groups in total. The number of ether oxygens (including phenoxy) is 1. The second kappa shape index (κ2) is 5.07. The first-order chi connectivity index (χ1) is 11.4. The van der Waals surface area contributed by atoms with Crippen LogP contribution in [0, 0.1) is 5.41 Å². The lowest BCUT2D eigenvalue weighted by Crippen LogP contribution is -2.43. The largest absolute Gasteiger partial charge is 0.421 e. The summed E-state index contributed by atoms with van der Waals surface area (Å²) in [5.41, 5.74) is 0.909. The normalized spacial score (nSPS) is 18.3. The predicted molar refractivity (Wildman–Crippen MR) is 79.0 cm³/mol. The Morgan fingerprint density at radius 1 is 1.29 bits per heavy atom. The summed E-state index contributed by atoms with van der Waals surface area (Å²) < 4.78 is 45.9. The Morgan fingerprint density at radius 3 is 2.71 bits per heavy atom. The molecule has 0 unspecified atom stereocenters. The molecule has 2 aliphatic rings. The third kappa shape index (κ3) is 2.37. The Kier molecular flexibility index (Phi) is 3.21. The maximum absolute atomic E-state index is 12.9. The van der Waals surface area contributed by atoms with Crippen LogP contribution in [-0.2, 0) is 23.9 Å². The van der Waals surface area contributed by atoms with Gasteiger partial charge in [0.15, 0.2) is 0 Å². The van der Waals surface area contributed by atoms with E-state index in [-0.39, 0.29) is 17.2 Å². The molecule has 1 fully saturated rings. The van der Waals surface area contributed by atoms with Gasteiger partial charge in [0.05, 0.1) is 37.3 Å². The van der Waals surface area contributed by atoms with Crippen LogP contribution >= 0.6 is 0 Å². The summed E-state index contributed by atoms with van der Waals surface area (Å²) in [5, 5.41) is 9.74. The zero-order chi connectivity index (χ0) is 16.9. The van der Waals surface area contributed by atoms with E-state index >= 15 is 0 Å². The summed E-state index contributed by atoms with van der Waals surface area (Å²) in [6, 6.07) is 0. The van der Waals surface area contributed by atoms with Crippen LogP contribution < -0.4 is 10.6 Å². The second-order valence-corrected chi connectivity index (χ2v) is 6.16. The SMILES string of the molecule is CNc1nc(Nc2cnn3c2CC2(COC2)C3)ncc1C(F)(F)F. The van der Waals surface area contributed by atoms with Crippen molar-refractivity contribution in [1.29, 1.82) is 0 Å². The molecule has 0 aliphatic carbocycles. The molecule has 0 radical (unpaired) electrons. The molecule has 0 aromatic carbocycles. The van der Waals surface area contributed by atoms with Crippen molar-refractivity contribution < 1.29 is 17.9 Å². The van der Waals surface area contributed by atoms with Gasteiger partial charge >= 0.3 is 6.18 Å². The number of alkyl halides is 3. The van der Waals surface area contributed by atoms with Gasteiger partial charge in [-0.3, -0.25) is 4.68 Å². The highest BCUT2D eigenvalue weighted by atomic mass is 19.4. The average molecular weight is 340 g/mol. The van der Waals surface area contributed by atoms with Gasteiger partial charge in [0.2, 0.25) is 5.95 Å². The number of nitrogens with zero attached hydrogens (tertiary/aromatic N) is 4. The molecule has 7 nitrogen and oxygen atoms in total. The van der Waals surface area contributed by atoms with E-state index in [4.69, 9.17) is 4.74 Å². The molecular formula is C14H15F3N6O. The molecule has 4 rings (SSSR count). The van der Waals surface area contributed by atoms with Gasteiger partial charge in [-0.2, -0.15) is 23.3 Å². The van der Waals surface area contributed by atoms with Crippen molar-refractivity contribution in [3.63, 3.8) is 0 Å². The topological polar surface area (TPSA) is 76.9 Å². The Bertz CT molecular complexity index is 783. The Labute approximate surface area is 135 Å². The number of rotatable bonds is 3. The number of anilines is 3. The fourth-order valence-corrected chi connectivity index (χ4v) is 3.11. The minimum Gasteiger partial charge on any atom is -0.380 e. The first-order valence-corrected chi connectivity index (χ1v) is 7.42. The van der Waals surface area contributed by atoms with Crippen LogP contribution in [0.3, 0.4) is 0 Å². The van der Waals surface area contributed by atoms with Crippen molar-refractivity contribution in [2.45, 2.75) is 19.1 Å². The number of hydrogen-bond donors (Lipinski definition) is 2. The summed E-state index contributed by atoms with van der Waals surface area (Å²) in [5.74, 6) is -0.179. The van der Waals surface area contributed by atoms with Crippen LogP contribution in [-0.4, -0.2) is 40.0 Å². The summed E-state index contributed by atoms with van der Waals surface area (Å²) in [6.07, 6.45) is -1.28. The average Bonchev–Trinajstić information content (AvgIpc) is 3.05. The molecule has 24 heavy (non-hydrogen) atoms. The van der Waals surface area contributed by atoms with Crippen molar-refractivity contribution in [3.8, 4) is 0 Å². The monoisotopic (exact) mass is 340 g/mol. The van der Waals surface area contributed by atoms with E-state index in [1.165, 1.54) is 7.05 Å². The number of aromatic nitrogens is 4. The van der Waals surface area contributed by atoms with Crippen molar-refractivity contribution in [2.24, 2.45) is 5.41 Å². The quantitative estimate of drug-likeness (QED) is 0.891. The maximum Gasteiger partial charge on any atom is 0.421 e. The lowest BCUT2D eigenvalue weighted by molar-refractivity contribution is -0.137. The number of hydrogen-bond acceptors (Lipinski definition) is 6. The van der Waals surface area contributed by atoms with Gasteiger partial charge in [-0.1, -0.05) is 0 Å². The van der Waals surface area contributed by atoms with Crippen molar-refractivity contribution in [2.75, 3.05) is 30.9 Å². The second-order valence-electron chi connectivity index (χ2n) is 6.16. The first-order valence-electron chi connectivity index (χ1n) is 7.42. The molecule has 0 bridgehead atoms. The molecule has 10 heteroatoms. The zero-order valence-electron chi connectivity index (χ0n) is 12.8. The Morgan fingerprint density at radius 2 is 2.08 bits per heavy atom. The third-order valence-corrected chi connectivity index (χ3v) is 4.37. The molecule has 1 saturated heterocycles. The number of halogens is 3. The van der Waals surface area contributed by atoms with Crippen molar-refractivity contribution in [1.82, 2.24) is 19.7 Å². The van der Waals surface area contributed by atoms with Gasteiger partial charge in [0.25, 0.3) is 0 Å². The molecular weight excluding hydrogens is 325 g/mol. The van der Waals surface area contributed by atoms with E-state index in [1.54, 1.807) is 6.20 Å². The third-order valence-electron chi connectivity index (χ3n) is 4.37.